The van der Waals surface area contributed by atoms with Crippen molar-refractivity contribution in [2.75, 3.05) is 11.9 Å². The van der Waals surface area contributed by atoms with Crippen molar-refractivity contribution in [3.8, 4) is 5.69 Å². The van der Waals surface area contributed by atoms with Gasteiger partial charge in [-0.15, -0.1) is 0 Å². The first-order valence-corrected chi connectivity index (χ1v) is 13.5. The Morgan fingerprint density at radius 2 is 1.85 bits per heavy atom. The van der Waals surface area contributed by atoms with Crippen LogP contribution < -0.4 is 10.6 Å². The summed E-state index contributed by atoms with van der Waals surface area (Å²) in [6, 6.07) is 19.0. The van der Waals surface area contributed by atoms with Gasteiger partial charge in [-0.25, -0.2) is 4.39 Å². The van der Waals surface area contributed by atoms with Crippen LogP contribution in [0.15, 0.2) is 72.9 Å². The number of amides is 1. The quantitative estimate of drug-likeness (QED) is 0.249. The third-order valence-corrected chi connectivity index (χ3v) is 7.86. The van der Waals surface area contributed by atoms with Crippen LogP contribution in [-0.4, -0.2) is 32.0 Å². The minimum Gasteiger partial charge on any atom is -0.352 e. The molecule has 3 heterocycles. The normalized spacial score (nSPS) is 16.8. The molecule has 2 aromatic heterocycles. The van der Waals surface area contributed by atoms with Crippen molar-refractivity contribution in [3.05, 3.63) is 112 Å². The fourth-order valence-corrected chi connectivity index (χ4v) is 5.90. The van der Waals surface area contributed by atoms with Crippen molar-refractivity contribution in [1.82, 2.24) is 19.8 Å². The van der Waals surface area contributed by atoms with E-state index in [2.05, 4.69) is 45.9 Å². The predicted molar refractivity (Wildman–Crippen MR) is 157 cm³/mol. The zero-order chi connectivity index (χ0) is 27.7. The van der Waals surface area contributed by atoms with Gasteiger partial charge in [0.15, 0.2) is 5.11 Å². The molecule has 0 spiro atoms. The molecule has 1 amide bonds. The first-order chi connectivity index (χ1) is 18.7. The molecule has 2 N–H and O–H groups in total. The van der Waals surface area contributed by atoms with E-state index in [-0.39, 0.29) is 30.2 Å². The number of anilines is 1. The third-order valence-electron chi connectivity index (χ3n) is 7.28. The smallest absolute Gasteiger partial charge is 0.226 e. The van der Waals surface area contributed by atoms with E-state index in [0.717, 1.165) is 33.9 Å². The van der Waals surface area contributed by atoms with Gasteiger partial charge in [-0.3, -0.25) is 9.78 Å². The van der Waals surface area contributed by atoms with Crippen molar-refractivity contribution < 1.29 is 9.18 Å². The van der Waals surface area contributed by atoms with Crippen molar-refractivity contribution >= 4 is 40.5 Å². The lowest BCUT2D eigenvalue weighted by Gasteiger charge is -2.29. The molecule has 0 radical (unpaired) electrons. The molecule has 200 valence electrons. The maximum atomic E-state index is 13.3. The zero-order valence-corrected chi connectivity index (χ0v) is 23.5. The first-order valence-electron chi connectivity index (χ1n) is 12.7. The van der Waals surface area contributed by atoms with Gasteiger partial charge in [0.25, 0.3) is 0 Å². The maximum absolute atomic E-state index is 13.3. The summed E-state index contributed by atoms with van der Waals surface area (Å²) in [6.45, 7) is 6.72. The lowest BCUT2D eigenvalue weighted by atomic mass is 9.93. The second-order valence-corrected chi connectivity index (χ2v) is 10.5. The molecule has 2 atom stereocenters. The van der Waals surface area contributed by atoms with Crippen molar-refractivity contribution in [2.24, 2.45) is 0 Å². The first kappa shape index (κ1) is 26.8. The highest BCUT2D eigenvalue weighted by Gasteiger charge is 2.42. The van der Waals surface area contributed by atoms with Crippen LogP contribution in [0, 0.1) is 26.6 Å². The van der Waals surface area contributed by atoms with Crippen LogP contribution in [0.25, 0.3) is 5.69 Å². The van der Waals surface area contributed by atoms with Crippen LogP contribution in [0.4, 0.5) is 10.1 Å². The van der Waals surface area contributed by atoms with Crippen LogP contribution in [-0.2, 0) is 4.79 Å². The number of carbonyl (C=O) groups excluding carboxylic acids is 1. The lowest BCUT2D eigenvalue weighted by Crippen LogP contribution is -2.33. The van der Waals surface area contributed by atoms with E-state index in [4.69, 9.17) is 23.8 Å². The number of benzene rings is 2. The Morgan fingerprint density at radius 1 is 1.08 bits per heavy atom. The number of hydrogen-bond acceptors (Lipinski definition) is 3. The molecule has 1 aliphatic heterocycles. The fourth-order valence-electron chi connectivity index (χ4n) is 5.38. The van der Waals surface area contributed by atoms with Crippen LogP contribution in [0.3, 0.4) is 0 Å². The molecule has 0 aliphatic carbocycles. The van der Waals surface area contributed by atoms with Gasteiger partial charge < -0.3 is 20.1 Å². The number of halogens is 2. The second kappa shape index (κ2) is 11.2. The van der Waals surface area contributed by atoms with E-state index in [0.29, 0.717) is 22.4 Å². The molecular weight excluding hydrogens is 533 g/mol. The average molecular weight is 562 g/mol. The number of thiocarbonyl (C=S) groups is 1. The Bertz CT molecular complexity index is 1520. The van der Waals surface area contributed by atoms with Gasteiger partial charge in [-0.05, 0) is 93.1 Å². The van der Waals surface area contributed by atoms with Gasteiger partial charge in [-0.2, -0.15) is 0 Å². The summed E-state index contributed by atoms with van der Waals surface area (Å²) in [5.74, 6) is -0.527. The summed E-state index contributed by atoms with van der Waals surface area (Å²) in [4.78, 5) is 19.6. The summed E-state index contributed by atoms with van der Waals surface area (Å²) in [5.41, 5.74) is 6.87. The van der Waals surface area contributed by atoms with Crippen molar-refractivity contribution in [2.45, 2.75) is 39.3 Å². The largest absolute Gasteiger partial charge is 0.352 e. The summed E-state index contributed by atoms with van der Waals surface area (Å²) in [5, 5.41) is 7.55. The van der Waals surface area contributed by atoms with Crippen LogP contribution in [0.5, 0.6) is 0 Å². The lowest BCUT2D eigenvalue weighted by molar-refractivity contribution is -0.116. The number of rotatable bonds is 7. The molecule has 6 nitrogen and oxygen atoms in total. The molecule has 0 bridgehead atoms. The molecule has 39 heavy (non-hydrogen) atoms. The molecular formula is C30H29ClFN5OS. The van der Waals surface area contributed by atoms with Crippen LogP contribution >= 0.6 is 23.8 Å². The molecule has 5 rings (SSSR count). The van der Waals surface area contributed by atoms with Crippen molar-refractivity contribution in [3.63, 3.8) is 0 Å². The minimum absolute atomic E-state index is 0.175. The number of hydrogen-bond donors (Lipinski definition) is 2. The summed E-state index contributed by atoms with van der Waals surface area (Å²) >= 11 is 12.2. The van der Waals surface area contributed by atoms with E-state index in [1.807, 2.05) is 42.5 Å². The Morgan fingerprint density at radius 3 is 2.54 bits per heavy atom. The van der Waals surface area contributed by atoms with Gasteiger partial charge in [0.05, 0.1) is 17.8 Å². The zero-order valence-electron chi connectivity index (χ0n) is 21.9. The molecule has 1 saturated heterocycles. The van der Waals surface area contributed by atoms with Crippen LogP contribution in [0.1, 0.15) is 46.7 Å². The summed E-state index contributed by atoms with van der Waals surface area (Å²) in [7, 11) is 0. The van der Waals surface area contributed by atoms with Gasteiger partial charge in [0.1, 0.15) is 5.82 Å². The molecule has 1 fully saturated rings. The van der Waals surface area contributed by atoms with E-state index in [9.17, 15) is 9.18 Å². The topological polar surface area (TPSA) is 62.2 Å². The SMILES string of the molecule is Cc1c(C2C(c3ccccn3)NC(=S)N2CCC(=O)Nc2ccc(F)cc2)c(C)n(-c2cccc(Cl)c2)c1C. The van der Waals surface area contributed by atoms with E-state index in [1.165, 1.54) is 12.1 Å². The standard InChI is InChI=1S/C30H29ClFN5OS/c1-18-19(2)37(24-8-6-7-21(31)17-24)20(3)27(18)29-28(25-9-4-5-15-33-25)35-30(39)36(29)16-14-26(38)34-23-12-10-22(32)11-13-23/h4-13,15,17,28-29H,14,16H2,1-3H3,(H,34,38)(H,35,39). The van der Waals surface area contributed by atoms with Crippen molar-refractivity contribution in [1.29, 1.82) is 0 Å². The Labute approximate surface area is 237 Å². The number of aromatic nitrogens is 2. The fraction of sp³-hybridized carbons (Fsp3) is 0.233. The van der Waals surface area contributed by atoms with Gasteiger partial charge in [0, 0.05) is 52.5 Å². The third kappa shape index (κ3) is 5.40. The van der Waals surface area contributed by atoms with Gasteiger partial charge >= 0.3 is 0 Å². The maximum Gasteiger partial charge on any atom is 0.226 e. The number of carbonyl (C=O) groups is 1. The van der Waals surface area contributed by atoms with E-state index >= 15 is 0 Å². The van der Waals surface area contributed by atoms with Gasteiger partial charge in [0.2, 0.25) is 5.91 Å². The molecule has 9 heteroatoms. The average Bonchev–Trinajstić information content (AvgIpc) is 3.35. The highest BCUT2D eigenvalue weighted by atomic mass is 35.5. The van der Waals surface area contributed by atoms with Gasteiger partial charge in [-0.1, -0.05) is 23.7 Å². The second-order valence-electron chi connectivity index (χ2n) is 9.65. The Hall–Kier alpha value is -3.75. The Balaban J connectivity index is 1.50. The summed E-state index contributed by atoms with van der Waals surface area (Å²) < 4.78 is 15.5. The number of pyridine rings is 1. The molecule has 1 aliphatic rings. The van der Waals surface area contributed by atoms with E-state index < -0.39 is 0 Å². The Kier molecular flexibility index (Phi) is 7.68. The minimum atomic E-state index is -0.351. The molecule has 4 aromatic rings. The van der Waals surface area contributed by atoms with E-state index in [1.54, 1.807) is 18.3 Å². The molecule has 2 aromatic carbocycles. The molecule has 0 saturated carbocycles. The number of nitrogens with one attached hydrogen (secondary N) is 2. The van der Waals surface area contributed by atoms with Crippen LogP contribution in [0.2, 0.25) is 5.02 Å². The molecule has 2 unspecified atom stereocenters. The number of nitrogens with zero attached hydrogens (tertiary/aromatic N) is 3. The predicted octanol–water partition coefficient (Wildman–Crippen LogP) is 6.59. The highest BCUT2D eigenvalue weighted by Crippen LogP contribution is 2.43. The monoisotopic (exact) mass is 561 g/mol. The summed E-state index contributed by atoms with van der Waals surface area (Å²) in [6.07, 6.45) is 1.98. The highest BCUT2D eigenvalue weighted by molar-refractivity contribution is 7.80.